The van der Waals surface area contributed by atoms with Crippen LogP contribution in [0.1, 0.15) is 70.9 Å². The molecule has 0 atom stereocenters. The van der Waals surface area contributed by atoms with E-state index in [0.717, 1.165) is 67.6 Å². The first-order valence-corrected chi connectivity index (χ1v) is 12.1. The van der Waals surface area contributed by atoms with E-state index in [1.54, 1.807) is 6.33 Å². The zero-order chi connectivity index (χ0) is 23.0. The Hall–Kier alpha value is -2.34. The molecule has 0 amide bonds. The molecule has 32 heavy (non-hydrogen) atoms. The lowest BCUT2D eigenvalue weighted by atomic mass is 9.71. The van der Waals surface area contributed by atoms with Gasteiger partial charge in [0.15, 0.2) is 0 Å². The molecule has 2 aliphatic carbocycles. The monoisotopic (exact) mass is 437 g/mol. The van der Waals surface area contributed by atoms with Crippen LogP contribution in [0, 0.1) is 5.92 Å². The summed E-state index contributed by atoms with van der Waals surface area (Å²) in [6.45, 7) is 10.0. The summed E-state index contributed by atoms with van der Waals surface area (Å²) in [6, 6.07) is 4.61. The maximum Gasteiger partial charge on any atom is 0.143 e. The average Bonchev–Trinajstić information content (AvgIpc) is 2.73. The minimum atomic E-state index is -0.155. The molecule has 1 fully saturated rings. The minimum absolute atomic E-state index is 0.155. The normalized spacial score (nSPS) is 21.7. The van der Waals surface area contributed by atoms with Crippen LogP contribution in [0.5, 0.6) is 5.75 Å². The summed E-state index contributed by atoms with van der Waals surface area (Å²) >= 11 is 0. The first-order valence-electron chi connectivity index (χ1n) is 12.1. The smallest absolute Gasteiger partial charge is 0.143 e. The molecule has 0 radical (unpaired) electrons. The molecule has 0 unspecified atom stereocenters. The van der Waals surface area contributed by atoms with Crippen LogP contribution in [-0.4, -0.2) is 35.7 Å². The molecule has 4 rings (SSSR count). The van der Waals surface area contributed by atoms with Crippen LogP contribution in [0.3, 0.4) is 0 Å². The number of aromatic nitrogens is 2. The van der Waals surface area contributed by atoms with E-state index in [1.807, 2.05) is 0 Å². The van der Waals surface area contributed by atoms with Crippen molar-refractivity contribution in [1.82, 2.24) is 9.97 Å². The number of hydrogen-bond acceptors (Lipinski definition) is 6. The maximum atomic E-state index is 6.65. The van der Waals surface area contributed by atoms with Crippen LogP contribution in [-0.2, 0) is 11.8 Å². The summed E-state index contributed by atoms with van der Waals surface area (Å²) in [5.74, 6) is 2.21. The van der Waals surface area contributed by atoms with Gasteiger partial charge in [-0.3, -0.25) is 0 Å². The van der Waals surface area contributed by atoms with E-state index in [0.29, 0.717) is 17.8 Å². The third kappa shape index (κ3) is 4.42. The van der Waals surface area contributed by atoms with Crippen molar-refractivity contribution in [3.05, 3.63) is 29.6 Å². The second-order valence-electron chi connectivity index (χ2n) is 10.7. The summed E-state index contributed by atoms with van der Waals surface area (Å²) in [5.41, 5.74) is 18.0. The van der Waals surface area contributed by atoms with Crippen molar-refractivity contribution in [1.29, 1.82) is 0 Å². The van der Waals surface area contributed by atoms with Crippen molar-refractivity contribution >= 4 is 11.5 Å². The van der Waals surface area contributed by atoms with Gasteiger partial charge < -0.3 is 21.1 Å². The summed E-state index contributed by atoms with van der Waals surface area (Å²) in [4.78, 5) is 11.4. The average molecular weight is 438 g/mol. The number of nitrogens with zero attached hydrogens (tertiary/aromatic N) is 3. The van der Waals surface area contributed by atoms with Gasteiger partial charge in [-0.25, -0.2) is 9.97 Å². The van der Waals surface area contributed by atoms with Crippen molar-refractivity contribution < 1.29 is 4.74 Å². The van der Waals surface area contributed by atoms with Gasteiger partial charge >= 0.3 is 0 Å². The maximum absolute atomic E-state index is 6.65. The summed E-state index contributed by atoms with van der Waals surface area (Å²) < 4.78 is 6.65. The van der Waals surface area contributed by atoms with E-state index in [4.69, 9.17) is 16.2 Å². The molecular formula is C26H39N5O. The second-order valence-corrected chi connectivity index (χ2v) is 10.7. The molecule has 0 saturated heterocycles. The predicted octanol–water partition coefficient (Wildman–Crippen LogP) is 4.69. The van der Waals surface area contributed by atoms with Gasteiger partial charge in [0.25, 0.3) is 0 Å². The van der Waals surface area contributed by atoms with E-state index in [9.17, 15) is 0 Å². The predicted molar refractivity (Wildman–Crippen MR) is 132 cm³/mol. The van der Waals surface area contributed by atoms with E-state index in [1.165, 1.54) is 11.3 Å². The van der Waals surface area contributed by atoms with Crippen molar-refractivity contribution in [2.45, 2.75) is 83.8 Å². The molecule has 1 heterocycles. The fourth-order valence-corrected chi connectivity index (χ4v) is 5.28. The zero-order valence-electron chi connectivity index (χ0n) is 20.3. The number of fused-ring (bicyclic) bond motifs is 3. The fraction of sp³-hybridized carbons (Fsp3) is 0.615. The van der Waals surface area contributed by atoms with Crippen LogP contribution in [0.25, 0.3) is 11.3 Å². The number of ether oxygens (including phenoxy) is 1. The lowest BCUT2D eigenvalue weighted by Gasteiger charge is -2.38. The lowest BCUT2D eigenvalue weighted by molar-refractivity contribution is 0.147. The van der Waals surface area contributed by atoms with Crippen molar-refractivity contribution in [3.8, 4) is 17.0 Å². The SMILES string of the molecule is CC(C)CCN(C)c1c(OC2CCC(N)CC2)ccc2c1CC(C)(C)c1c(N)ncnc1-2. The molecule has 6 heteroatoms. The van der Waals surface area contributed by atoms with Crippen molar-refractivity contribution in [2.75, 3.05) is 24.2 Å². The van der Waals surface area contributed by atoms with Gasteiger partial charge in [-0.15, -0.1) is 0 Å². The molecule has 1 saturated carbocycles. The molecule has 1 aromatic carbocycles. The topological polar surface area (TPSA) is 90.3 Å². The molecule has 6 nitrogen and oxygen atoms in total. The number of nitrogens with two attached hydrogens (primary N) is 2. The van der Waals surface area contributed by atoms with Gasteiger partial charge in [-0.1, -0.05) is 27.7 Å². The van der Waals surface area contributed by atoms with Gasteiger partial charge in [0.2, 0.25) is 0 Å². The Morgan fingerprint density at radius 1 is 1.16 bits per heavy atom. The van der Waals surface area contributed by atoms with Crippen LogP contribution >= 0.6 is 0 Å². The summed E-state index contributed by atoms with van der Waals surface area (Å²) in [6.07, 6.45) is 7.92. The molecule has 0 spiro atoms. The summed E-state index contributed by atoms with van der Waals surface area (Å²) in [5, 5.41) is 0. The van der Waals surface area contributed by atoms with E-state index >= 15 is 0 Å². The number of benzene rings is 1. The highest BCUT2D eigenvalue weighted by molar-refractivity contribution is 5.83. The summed E-state index contributed by atoms with van der Waals surface area (Å²) in [7, 11) is 2.19. The highest BCUT2D eigenvalue weighted by Crippen LogP contribution is 2.49. The van der Waals surface area contributed by atoms with Gasteiger partial charge in [0.05, 0.1) is 17.5 Å². The van der Waals surface area contributed by atoms with Gasteiger partial charge in [-0.05, 0) is 67.6 Å². The Morgan fingerprint density at radius 3 is 2.56 bits per heavy atom. The molecular weight excluding hydrogens is 398 g/mol. The van der Waals surface area contributed by atoms with Gasteiger partial charge in [-0.2, -0.15) is 0 Å². The fourth-order valence-electron chi connectivity index (χ4n) is 5.28. The highest BCUT2D eigenvalue weighted by atomic mass is 16.5. The van der Waals surface area contributed by atoms with E-state index in [2.05, 4.69) is 61.7 Å². The van der Waals surface area contributed by atoms with E-state index < -0.39 is 0 Å². The molecule has 4 N–H and O–H groups in total. The van der Waals surface area contributed by atoms with Crippen LogP contribution in [0.15, 0.2) is 18.5 Å². The van der Waals surface area contributed by atoms with Crippen LogP contribution < -0.4 is 21.1 Å². The zero-order valence-corrected chi connectivity index (χ0v) is 20.3. The van der Waals surface area contributed by atoms with Crippen LogP contribution in [0.2, 0.25) is 0 Å². The Balaban J connectivity index is 1.79. The Labute approximate surface area is 192 Å². The third-order valence-electron chi connectivity index (χ3n) is 7.11. The third-order valence-corrected chi connectivity index (χ3v) is 7.11. The Morgan fingerprint density at radius 2 is 1.88 bits per heavy atom. The molecule has 174 valence electrons. The molecule has 2 aromatic rings. The van der Waals surface area contributed by atoms with Gasteiger partial charge in [0.1, 0.15) is 17.9 Å². The largest absolute Gasteiger partial charge is 0.488 e. The van der Waals surface area contributed by atoms with Gasteiger partial charge in [0, 0.05) is 30.8 Å². The molecule has 2 aliphatic rings. The quantitative estimate of drug-likeness (QED) is 0.681. The minimum Gasteiger partial charge on any atom is -0.488 e. The van der Waals surface area contributed by atoms with Crippen molar-refractivity contribution in [3.63, 3.8) is 0 Å². The van der Waals surface area contributed by atoms with Crippen LogP contribution in [0.4, 0.5) is 11.5 Å². The molecule has 0 aliphatic heterocycles. The number of anilines is 2. The number of hydrogen-bond donors (Lipinski definition) is 2. The molecule has 1 aromatic heterocycles. The molecule has 0 bridgehead atoms. The standard InChI is InChI=1S/C26H39N5O/c1-16(2)12-13-31(5)24-20-14-26(3,4)22-23(29-15-30-25(22)28)19(20)10-11-21(24)32-18-8-6-17(27)7-9-18/h10-11,15-18H,6-9,12-14,27H2,1-5H3,(H2,28,29,30). The first-order chi connectivity index (χ1) is 15.2. The lowest BCUT2D eigenvalue weighted by Crippen LogP contribution is -2.33. The first kappa shape index (κ1) is 22.8. The number of rotatable bonds is 6. The second kappa shape index (κ2) is 8.89. The van der Waals surface area contributed by atoms with E-state index in [-0.39, 0.29) is 11.5 Å². The van der Waals surface area contributed by atoms with Crippen molar-refractivity contribution in [2.24, 2.45) is 11.7 Å². The highest BCUT2D eigenvalue weighted by Gasteiger charge is 2.37. The Bertz CT molecular complexity index is 963. The number of nitrogen functional groups attached to an aromatic ring is 1. The Kier molecular flexibility index (Phi) is 6.35.